The van der Waals surface area contributed by atoms with Crippen LogP contribution < -0.4 is 11.1 Å². The Morgan fingerprint density at radius 3 is 2.55 bits per heavy atom. The summed E-state index contributed by atoms with van der Waals surface area (Å²) in [5, 5.41) is 2.54. The van der Waals surface area contributed by atoms with Crippen molar-refractivity contribution in [1.82, 2.24) is 14.8 Å². The van der Waals surface area contributed by atoms with E-state index in [4.69, 9.17) is 4.42 Å². The van der Waals surface area contributed by atoms with Crippen molar-refractivity contribution in [3.05, 3.63) is 70.2 Å². The molecule has 4 rings (SSSR count). The van der Waals surface area contributed by atoms with E-state index < -0.39 is 34.9 Å². The molecular formula is C20H17F2N3O4. The molecule has 150 valence electrons. The number of halogens is 2. The quantitative estimate of drug-likeness (QED) is 0.667. The van der Waals surface area contributed by atoms with E-state index in [0.717, 1.165) is 17.0 Å². The highest BCUT2D eigenvalue weighted by Crippen LogP contribution is 2.30. The maximum absolute atomic E-state index is 13.6. The van der Waals surface area contributed by atoms with Crippen molar-refractivity contribution in [3.63, 3.8) is 0 Å². The molecule has 3 amide bonds. The van der Waals surface area contributed by atoms with Crippen LogP contribution in [0.25, 0.3) is 11.1 Å². The predicted molar refractivity (Wildman–Crippen MR) is 99.0 cm³/mol. The second-order valence-corrected chi connectivity index (χ2v) is 6.98. The average Bonchev–Trinajstić information content (AvgIpc) is 3.12. The molecule has 1 saturated heterocycles. The molecule has 0 radical (unpaired) electrons. The number of amides is 3. The number of fused-ring (bicyclic) bond motifs is 1. The Hall–Kier alpha value is -3.49. The zero-order valence-electron chi connectivity index (χ0n) is 15.4. The zero-order valence-corrected chi connectivity index (χ0v) is 15.4. The predicted octanol–water partition coefficient (Wildman–Crippen LogP) is 2.73. The third kappa shape index (κ3) is 3.08. The molecule has 0 saturated carbocycles. The fourth-order valence-corrected chi connectivity index (χ4v) is 3.52. The first-order valence-electron chi connectivity index (χ1n) is 8.99. The highest BCUT2D eigenvalue weighted by Gasteiger charge is 2.48. The minimum absolute atomic E-state index is 0.0515. The van der Waals surface area contributed by atoms with Gasteiger partial charge in [-0.15, -0.1) is 0 Å². The number of nitrogens with zero attached hydrogens (tertiary/aromatic N) is 2. The molecule has 1 unspecified atom stereocenters. The molecule has 2 heterocycles. The van der Waals surface area contributed by atoms with Gasteiger partial charge in [0.1, 0.15) is 5.54 Å². The van der Waals surface area contributed by atoms with Gasteiger partial charge in [0.25, 0.3) is 5.91 Å². The van der Waals surface area contributed by atoms with Gasteiger partial charge in [0, 0.05) is 13.1 Å². The summed E-state index contributed by atoms with van der Waals surface area (Å²) in [5.41, 5.74) is -0.265. The number of benzene rings is 2. The molecule has 2 aromatic carbocycles. The number of nitrogens with one attached hydrogen (secondary N) is 1. The molecule has 0 spiro atoms. The number of aryl methyl sites for hydroxylation is 1. The summed E-state index contributed by atoms with van der Waals surface area (Å²) in [6.07, 6.45) is 0.316. The Kier molecular flexibility index (Phi) is 4.45. The number of imide groups is 1. The third-order valence-corrected chi connectivity index (χ3v) is 5.11. The Balaban J connectivity index is 1.50. The Labute approximate surface area is 163 Å². The number of oxazole rings is 1. The van der Waals surface area contributed by atoms with Gasteiger partial charge in [-0.1, -0.05) is 18.2 Å². The van der Waals surface area contributed by atoms with E-state index in [2.05, 4.69) is 5.32 Å². The van der Waals surface area contributed by atoms with Crippen molar-refractivity contribution in [1.29, 1.82) is 0 Å². The third-order valence-electron chi connectivity index (χ3n) is 5.11. The lowest BCUT2D eigenvalue weighted by atomic mass is 9.92. The van der Waals surface area contributed by atoms with Crippen molar-refractivity contribution >= 4 is 23.0 Å². The first-order chi connectivity index (χ1) is 13.8. The Bertz CT molecular complexity index is 1190. The largest absolute Gasteiger partial charge is 0.419 e. The second kappa shape index (κ2) is 6.84. The van der Waals surface area contributed by atoms with E-state index in [1.807, 2.05) is 0 Å². The molecule has 1 aliphatic heterocycles. The van der Waals surface area contributed by atoms with E-state index in [-0.39, 0.29) is 18.7 Å². The Morgan fingerprint density at radius 1 is 1.03 bits per heavy atom. The highest BCUT2D eigenvalue weighted by molar-refractivity contribution is 6.07. The van der Waals surface area contributed by atoms with Gasteiger partial charge in [0.2, 0.25) is 0 Å². The molecule has 29 heavy (non-hydrogen) atoms. The van der Waals surface area contributed by atoms with Crippen molar-refractivity contribution in [2.75, 3.05) is 6.54 Å². The molecule has 3 aromatic rings. The van der Waals surface area contributed by atoms with Crippen LogP contribution in [0.4, 0.5) is 13.6 Å². The van der Waals surface area contributed by atoms with Crippen molar-refractivity contribution in [3.8, 4) is 0 Å². The lowest BCUT2D eigenvalue weighted by Gasteiger charge is -2.22. The summed E-state index contributed by atoms with van der Waals surface area (Å²) in [7, 11) is 0. The second-order valence-electron chi connectivity index (χ2n) is 6.98. The van der Waals surface area contributed by atoms with Crippen LogP contribution in [0.5, 0.6) is 0 Å². The summed E-state index contributed by atoms with van der Waals surface area (Å²) in [5.74, 6) is -3.23. The monoisotopic (exact) mass is 401 g/mol. The van der Waals surface area contributed by atoms with Crippen molar-refractivity contribution < 1.29 is 22.8 Å². The molecular weight excluding hydrogens is 384 g/mol. The number of hydrogen-bond acceptors (Lipinski definition) is 4. The van der Waals surface area contributed by atoms with Crippen LogP contribution in [0.3, 0.4) is 0 Å². The Morgan fingerprint density at radius 2 is 1.79 bits per heavy atom. The van der Waals surface area contributed by atoms with Crippen LogP contribution in [0, 0.1) is 11.6 Å². The van der Waals surface area contributed by atoms with Gasteiger partial charge in [-0.2, -0.15) is 0 Å². The molecule has 0 bridgehead atoms. The minimum Gasteiger partial charge on any atom is -0.408 e. The smallest absolute Gasteiger partial charge is 0.408 e. The fraction of sp³-hybridized carbons (Fsp3) is 0.250. The standard InChI is InChI=1S/C20H17F2N3O4/c1-20(12-7-8-13(21)14(22)11-12)17(26)25(18(27)23-20)10-4-9-24-15-5-2-3-6-16(15)29-19(24)28/h2-3,5-8,11H,4,9-10H2,1H3,(H,23,27). The highest BCUT2D eigenvalue weighted by atomic mass is 19.2. The van der Waals surface area contributed by atoms with Crippen molar-refractivity contribution in [2.24, 2.45) is 0 Å². The number of aromatic nitrogens is 1. The van der Waals surface area contributed by atoms with Crippen LogP contribution in [0.15, 0.2) is 51.7 Å². The fourth-order valence-electron chi connectivity index (χ4n) is 3.52. The van der Waals surface area contributed by atoms with Crippen molar-refractivity contribution in [2.45, 2.75) is 25.4 Å². The minimum atomic E-state index is -1.50. The lowest BCUT2D eigenvalue weighted by molar-refractivity contribution is -0.131. The van der Waals surface area contributed by atoms with Gasteiger partial charge in [0.15, 0.2) is 17.2 Å². The van der Waals surface area contributed by atoms with Crippen LogP contribution in [0.2, 0.25) is 0 Å². The van der Waals surface area contributed by atoms with Gasteiger partial charge < -0.3 is 9.73 Å². The van der Waals surface area contributed by atoms with E-state index in [9.17, 15) is 23.2 Å². The number of rotatable bonds is 5. The van der Waals surface area contributed by atoms with Gasteiger partial charge in [-0.05, 0) is 43.2 Å². The molecule has 1 aliphatic rings. The SMILES string of the molecule is CC1(c2ccc(F)c(F)c2)NC(=O)N(CCCn2c(=O)oc3ccccc32)C1=O. The van der Waals surface area contributed by atoms with Gasteiger partial charge in [-0.3, -0.25) is 14.3 Å². The van der Waals surface area contributed by atoms with Gasteiger partial charge in [-0.25, -0.2) is 18.4 Å². The average molecular weight is 401 g/mol. The van der Waals surface area contributed by atoms with E-state index in [0.29, 0.717) is 17.5 Å². The number of carbonyl (C=O) groups excluding carboxylic acids is 2. The van der Waals surface area contributed by atoms with Gasteiger partial charge >= 0.3 is 11.8 Å². The summed E-state index contributed by atoms with van der Waals surface area (Å²) in [6.45, 7) is 1.73. The number of carbonyl (C=O) groups is 2. The molecule has 1 atom stereocenters. The van der Waals surface area contributed by atoms with Crippen LogP contribution in [0.1, 0.15) is 18.9 Å². The van der Waals surface area contributed by atoms with Crippen LogP contribution >= 0.6 is 0 Å². The van der Waals surface area contributed by atoms with Crippen LogP contribution in [-0.2, 0) is 16.9 Å². The van der Waals surface area contributed by atoms with Crippen LogP contribution in [-0.4, -0.2) is 28.0 Å². The summed E-state index contributed by atoms with van der Waals surface area (Å²) < 4.78 is 33.4. The molecule has 9 heteroatoms. The van der Waals surface area contributed by atoms with Gasteiger partial charge in [0.05, 0.1) is 5.52 Å². The first-order valence-corrected chi connectivity index (χ1v) is 8.99. The molecule has 1 fully saturated rings. The number of para-hydroxylation sites is 2. The topological polar surface area (TPSA) is 84.6 Å². The van der Waals surface area contributed by atoms with E-state index in [1.54, 1.807) is 24.3 Å². The number of urea groups is 1. The molecule has 1 N–H and O–H groups in total. The summed E-state index contributed by atoms with van der Waals surface area (Å²) >= 11 is 0. The maximum atomic E-state index is 13.6. The maximum Gasteiger partial charge on any atom is 0.419 e. The molecule has 7 nitrogen and oxygen atoms in total. The lowest BCUT2D eigenvalue weighted by Crippen LogP contribution is -2.41. The summed E-state index contributed by atoms with van der Waals surface area (Å²) in [4.78, 5) is 38.2. The van der Waals surface area contributed by atoms with E-state index in [1.165, 1.54) is 17.6 Å². The zero-order chi connectivity index (χ0) is 20.8. The van der Waals surface area contributed by atoms with E-state index >= 15 is 0 Å². The molecule has 1 aromatic heterocycles. The first kappa shape index (κ1) is 18.9. The normalized spacial score (nSPS) is 19.2. The molecule has 0 aliphatic carbocycles. The number of hydrogen-bond donors (Lipinski definition) is 1. The summed E-state index contributed by atoms with van der Waals surface area (Å²) in [6, 6.07) is 9.39.